The third kappa shape index (κ3) is 1.85. The fourth-order valence-electron chi connectivity index (χ4n) is 2.21. The van der Waals surface area contributed by atoms with Gasteiger partial charge in [0.1, 0.15) is 0 Å². The van der Waals surface area contributed by atoms with Crippen molar-refractivity contribution in [3.8, 4) is 11.5 Å². The summed E-state index contributed by atoms with van der Waals surface area (Å²) < 4.78 is 5.20. The van der Waals surface area contributed by atoms with Gasteiger partial charge in [-0.25, -0.2) is 0 Å². The molecule has 1 atom stereocenters. The lowest BCUT2D eigenvalue weighted by molar-refractivity contribution is 0.366. The van der Waals surface area contributed by atoms with Gasteiger partial charge < -0.3 is 15.2 Å². The molecule has 1 saturated heterocycles. The molecule has 1 aliphatic rings. The van der Waals surface area contributed by atoms with Gasteiger partial charge in [0.15, 0.2) is 11.5 Å². The van der Waals surface area contributed by atoms with E-state index in [1.165, 1.54) is 0 Å². The normalized spacial score (nSPS) is 20.1. The highest BCUT2D eigenvalue weighted by atomic mass is 35.5. The van der Waals surface area contributed by atoms with Crippen LogP contribution in [0.3, 0.4) is 0 Å². The Morgan fingerprint density at radius 3 is 2.88 bits per heavy atom. The number of rotatable bonds is 2. The maximum Gasteiger partial charge on any atom is 0.165 e. The van der Waals surface area contributed by atoms with Gasteiger partial charge in [-0.3, -0.25) is 0 Å². The second kappa shape index (κ2) is 4.52. The predicted octanol–water partition coefficient (Wildman–Crippen LogP) is 2.44. The van der Waals surface area contributed by atoms with Crippen molar-refractivity contribution in [1.29, 1.82) is 0 Å². The van der Waals surface area contributed by atoms with Crippen LogP contribution in [0.4, 0.5) is 0 Å². The maximum atomic E-state index is 10.1. The summed E-state index contributed by atoms with van der Waals surface area (Å²) in [6.45, 7) is 3.71. The van der Waals surface area contributed by atoms with Crippen LogP contribution in [-0.4, -0.2) is 25.3 Å². The van der Waals surface area contributed by atoms with Crippen LogP contribution < -0.4 is 10.1 Å². The van der Waals surface area contributed by atoms with E-state index >= 15 is 0 Å². The minimum Gasteiger partial charge on any atom is -0.504 e. The van der Waals surface area contributed by atoms with Crippen molar-refractivity contribution in [3.63, 3.8) is 0 Å². The van der Waals surface area contributed by atoms with Crippen molar-refractivity contribution >= 4 is 11.6 Å². The molecule has 1 aromatic rings. The van der Waals surface area contributed by atoms with E-state index in [1.807, 2.05) is 13.0 Å². The van der Waals surface area contributed by atoms with Crippen LogP contribution in [0.1, 0.15) is 23.5 Å². The number of ether oxygens (including phenoxy) is 1. The molecule has 0 aliphatic carbocycles. The highest BCUT2D eigenvalue weighted by molar-refractivity contribution is 6.31. The Bertz CT molecular complexity index is 400. The Balaban J connectivity index is 2.49. The number of aromatic hydroxyl groups is 1. The van der Waals surface area contributed by atoms with Gasteiger partial charge in [0.25, 0.3) is 0 Å². The van der Waals surface area contributed by atoms with Gasteiger partial charge in [0, 0.05) is 28.6 Å². The summed E-state index contributed by atoms with van der Waals surface area (Å²) in [4.78, 5) is 0. The Labute approximate surface area is 100 Å². The van der Waals surface area contributed by atoms with Crippen molar-refractivity contribution in [2.75, 3.05) is 20.2 Å². The van der Waals surface area contributed by atoms with Crippen molar-refractivity contribution in [2.45, 2.75) is 19.3 Å². The molecule has 3 nitrogen and oxygen atoms in total. The fraction of sp³-hybridized carbons (Fsp3) is 0.500. The standard InChI is InChI=1S/C12H16ClNO2/c1-7-10(13)5-9(8-3-4-14-6-8)11(15)12(7)16-2/h5,8,14-15H,3-4,6H2,1-2H3. The number of methoxy groups -OCH3 is 1. The first kappa shape index (κ1) is 11.6. The molecule has 2 N–H and O–H groups in total. The molecule has 1 heterocycles. The highest BCUT2D eigenvalue weighted by Crippen LogP contribution is 2.42. The third-order valence-corrected chi connectivity index (χ3v) is 3.57. The third-order valence-electron chi connectivity index (χ3n) is 3.17. The first-order valence-corrected chi connectivity index (χ1v) is 5.79. The molecule has 0 saturated carbocycles. The number of hydrogen-bond acceptors (Lipinski definition) is 3. The molecule has 0 bridgehead atoms. The van der Waals surface area contributed by atoms with Crippen LogP contribution in [0.15, 0.2) is 6.07 Å². The minimum atomic E-state index is 0.234. The summed E-state index contributed by atoms with van der Waals surface area (Å²) in [6.07, 6.45) is 1.02. The molecule has 0 aromatic heterocycles. The average molecular weight is 242 g/mol. The Morgan fingerprint density at radius 1 is 1.56 bits per heavy atom. The van der Waals surface area contributed by atoms with Gasteiger partial charge in [-0.2, -0.15) is 0 Å². The minimum absolute atomic E-state index is 0.234. The van der Waals surface area contributed by atoms with Crippen LogP contribution >= 0.6 is 11.6 Å². The van der Waals surface area contributed by atoms with E-state index in [4.69, 9.17) is 16.3 Å². The second-order valence-corrected chi connectivity index (χ2v) is 4.55. The zero-order valence-corrected chi connectivity index (χ0v) is 10.3. The molecule has 2 rings (SSSR count). The van der Waals surface area contributed by atoms with Gasteiger partial charge in [0.2, 0.25) is 0 Å². The Hall–Kier alpha value is -0.930. The molecule has 1 aliphatic heterocycles. The monoisotopic (exact) mass is 241 g/mol. The summed E-state index contributed by atoms with van der Waals surface area (Å²) in [6, 6.07) is 1.85. The molecule has 1 fully saturated rings. The van der Waals surface area contributed by atoms with E-state index in [0.717, 1.165) is 30.6 Å². The number of benzene rings is 1. The predicted molar refractivity (Wildman–Crippen MR) is 64.6 cm³/mol. The smallest absolute Gasteiger partial charge is 0.165 e. The summed E-state index contributed by atoms with van der Waals surface area (Å²) in [5.41, 5.74) is 1.67. The van der Waals surface area contributed by atoms with E-state index in [-0.39, 0.29) is 5.75 Å². The van der Waals surface area contributed by atoms with Crippen LogP contribution in [0.2, 0.25) is 5.02 Å². The van der Waals surface area contributed by atoms with Crippen LogP contribution in [0.5, 0.6) is 11.5 Å². The molecule has 0 amide bonds. The lowest BCUT2D eigenvalue weighted by atomic mass is 9.95. The fourth-order valence-corrected chi connectivity index (χ4v) is 2.41. The van der Waals surface area contributed by atoms with Crippen molar-refractivity contribution in [2.24, 2.45) is 0 Å². The molecule has 1 unspecified atom stereocenters. The summed E-state index contributed by atoms with van der Waals surface area (Å²) >= 11 is 6.14. The molecule has 1 aromatic carbocycles. The van der Waals surface area contributed by atoms with E-state index in [2.05, 4.69) is 5.32 Å². The van der Waals surface area contributed by atoms with Gasteiger partial charge >= 0.3 is 0 Å². The lowest BCUT2D eigenvalue weighted by Crippen LogP contribution is -2.08. The zero-order chi connectivity index (χ0) is 11.7. The first-order valence-electron chi connectivity index (χ1n) is 5.41. The van der Waals surface area contributed by atoms with Crippen LogP contribution in [0.25, 0.3) is 0 Å². The number of hydrogen-bond donors (Lipinski definition) is 2. The molecule has 4 heteroatoms. The zero-order valence-electron chi connectivity index (χ0n) is 9.51. The number of phenols is 1. The van der Waals surface area contributed by atoms with Gasteiger partial charge in [-0.05, 0) is 26.0 Å². The van der Waals surface area contributed by atoms with E-state index < -0.39 is 0 Å². The number of halogens is 1. The first-order chi connectivity index (χ1) is 7.65. The van der Waals surface area contributed by atoms with Crippen LogP contribution in [0, 0.1) is 6.92 Å². The highest BCUT2D eigenvalue weighted by Gasteiger charge is 2.23. The quantitative estimate of drug-likeness (QED) is 0.836. The van der Waals surface area contributed by atoms with E-state index in [1.54, 1.807) is 7.11 Å². The Morgan fingerprint density at radius 2 is 2.31 bits per heavy atom. The summed E-state index contributed by atoms with van der Waals surface area (Å²) in [7, 11) is 1.55. The molecular formula is C12H16ClNO2. The SMILES string of the molecule is COc1c(C)c(Cl)cc(C2CCNC2)c1O. The molecule has 0 radical (unpaired) electrons. The van der Waals surface area contributed by atoms with Crippen molar-refractivity contribution in [1.82, 2.24) is 5.32 Å². The van der Waals surface area contributed by atoms with Crippen molar-refractivity contribution < 1.29 is 9.84 Å². The molecular weight excluding hydrogens is 226 g/mol. The summed E-state index contributed by atoms with van der Waals surface area (Å²) in [5.74, 6) is 1.06. The summed E-state index contributed by atoms with van der Waals surface area (Å²) in [5, 5.41) is 14.1. The maximum absolute atomic E-state index is 10.1. The molecule has 16 heavy (non-hydrogen) atoms. The van der Waals surface area contributed by atoms with Crippen LogP contribution in [-0.2, 0) is 0 Å². The van der Waals surface area contributed by atoms with E-state index in [9.17, 15) is 5.11 Å². The van der Waals surface area contributed by atoms with Crippen molar-refractivity contribution in [3.05, 3.63) is 22.2 Å². The van der Waals surface area contributed by atoms with E-state index in [0.29, 0.717) is 16.7 Å². The lowest BCUT2D eigenvalue weighted by Gasteiger charge is -2.16. The number of nitrogens with one attached hydrogen (secondary N) is 1. The largest absolute Gasteiger partial charge is 0.504 e. The van der Waals surface area contributed by atoms with Gasteiger partial charge in [0.05, 0.1) is 7.11 Å². The van der Waals surface area contributed by atoms with Gasteiger partial charge in [-0.1, -0.05) is 11.6 Å². The Kier molecular flexibility index (Phi) is 3.26. The average Bonchev–Trinajstić information content (AvgIpc) is 2.77. The number of phenolic OH excluding ortho intramolecular Hbond substituents is 1. The van der Waals surface area contributed by atoms with Gasteiger partial charge in [-0.15, -0.1) is 0 Å². The molecule has 88 valence electrons. The molecule has 0 spiro atoms. The second-order valence-electron chi connectivity index (χ2n) is 4.14. The topological polar surface area (TPSA) is 41.5 Å².